The van der Waals surface area contributed by atoms with Gasteiger partial charge in [0.2, 0.25) is 0 Å². The standard InChI is InChI=1S/C8H7ClN2O3.Li/c1-11(7(12)8(13)14)6-3-2-5(9)4-10-6;/h2-4H,1H3,(H,13,14);/q;+1/p-1. The van der Waals surface area contributed by atoms with Crippen molar-refractivity contribution in [3.63, 3.8) is 0 Å². The Morgan fingerprint density at radius 1 is 1.47 bits per heavy atom. The molecule has 1 amide bonds. The van der Waals surface area contributed by atoms with Crippen LogP contribution in [0, 0.1) is 0 Å². The predicted molar refractivity (Wildman–Crippen MR) is 47.7 cm³/mol. The van der Waals surface area contributed by atoms with Crippen molar-refractivity contribution >= 4 is 29.3 Å². The monoisotopic (exact) mass is 220 g/mol. The van der Waals surface area contributed by atoms with Gasteiger partial charge >= 0.3 is 18.9 Å². The van der Waals surface area contributed by atoms with E-state index >= 15 is 0 Å². The van der Waals surface area contributed by atoms with E-state index in [-0.39, 0.29) is 24.7 Å². The quantitative estimate of drug-likeness (QED) is 0.363. The number of carbonyl (C=O) groups is 2. The molecule has 0 N–H and O–H groups in total. The SMILES string of the molecule is CN(C(=O)C(=O)[O-])c1ccc(Cl)cn1.[Li+]. The summed E-state index contributed by atoms with van der Waals surface area (Å²) in [7, 11) is 1.29. The van der Waals surface area contributed by atoms with Crippen LogP contribution in [0.4, 0.5) is 5.82 Å². The minimum absolute atomic E-state index is 0. The molecule has 0 unspecified atom stereocenters. The van der Waals surface area contributed by atoms with Crippen LogP contribution in [-0.2, 0) is 9.59 Å². The number of carboxylic acid groups (broad SMARTS) is 1. The second-order valence-corrected chi connectivity index (χ2v) is 2.92. The molecular weight excluding hydrogens is 214 g/mol. The summed E-state index contributed by atoms with van der Waals surface area (Å²) in [6.45, 7) is 0. The number of hydrogen-bond acceptors (Lipinski definition) is 4. The number of pyridine rings is 1. The zero-order chi connectivity index (χ0) is 10.7. The van der Waals surface area contributed by atoms with Gasteiger partial charge in [0.1, 0.15) is 11.8 Å². The molecule has 1 heterocycles. The van der Waals surface area contributed by atoms with E-state index in [0.29, 0.717) is 5.02 Å². The molecular formula is C8H6ClLiN2O3. The van der Waals surface area contributed by atoms with E-state index in [1.165, 1.54) is 25.4 Å². The largest absolute Gasteiger partial charge is 1.00 e. The first-order valence-electron chi connectivity index (χ1n) is 3.63. The Bertz CT molecular complexity index is 369. The molecule has 0 saturated heterocycles. The second kappa shape index (κ2) is 5.76. The van der Waals surface area contributed by atoms with Crippen molar-refractivity contribution in [1.29, 1.82) is 0 Å². The number of anilines is 1. The molecule has 0 atom stereocenters. The van der Waals surface area contributed by atoms with E-state index in [0.717, 1.165) is 4.90 Å². The number of amides is 1. The summed E-state index contributed by atoms with van der Waals surface area (Å²) in [5.74, 6) is -2.73. The predicted octanol–water partition coefficient (Wildman–Crippen LogP) is -3.55. The Balaban J connectivity index is 0.00000196. The van der Waals surface area contributed by atoms with Crippen molar-refractivity contribution < 1.29 is 33.6 Å². The molecule has 74 valence electrons. The number of rotatable bonds is 1. The van der Waals surface area contributed by atoms with Gasteiger partial charge < -0.3 is 9.90 Å². The topological polar surface area (TPSA) is 73.3 Å². The van der Waals surface area contributed by atoms with E-state index in [9.17, 15) is 14.7 Å². The van der Waals surface area contributed by atoms with Crippen LogP contribution in [-0.4, -0.2) is 23.9 Å². The first-order valence-corrected chi connectivity index (χ1v) is 4.00. The molecule has 0 radical (unpaired) electrons. The molecule has 0 aliphatic rings. The summed E-state index contributed by atoms with van der Waals surface area (Å²) in [5.41, 5.74) is 0. The van der Waals surface area contributed by atoms with Crippen LogP contribution >= 0.6 is 11.6 Å². The summed E-state index contributed by atoms with van der Waals surface area (Å²) < 4.78 is 0. The van der Waals surface area contributed by atoms with Crippen molar-refractivity contribution in [3.8, 4) is 0 Å². The summed E-state index contributed by atoms with van der Waals surface area (Å²) >= 11 is 5.56. The maximum absolute atomic E-state index is 10.9. The van der Waals surface area contributed by atoms with E-state index < -0.39 is 11.9 Å². The third kappa shape index (κ3) is 3.55. The van der Waals surface area contributed by atoms with Gasteiger partial charge in [-0.15, -0.1) is 0 Å². The normalized spacial score (nSPS) is 8.93. The molecule has 15 heavy (non-hydrogen) atoms. The van der Waals surface area contributed by atoms with E-state index in [1.54, 1.807) is 0 Å². The Morgan fingerprint density at radius 3 is 2.47 bits per heavy atom. The third-order valence-corrected chi connectivity index (χ3v) is 1.76. The van der Waals surface area contributed by atoms with Crippen LogP contribution in [0.2, 0.25) is 5.02 Å². The molecule has 5 nitrogen and oxygen atoms in total. The van der Waals surface area contributed by atoms with Gasteiger partial charge in [-0.3, -0.25) is 9.69 Å². The Kier molecular flexibility index (Phi) is 5.37. The first kappa shape index (κ1) is 14.0. The number of aliphatic carboxylic acids is 1. The fourth-order valence-electron chi connectivity index (χ4n) is 0.807. The minimum Gasteiger partial charge on any atom is -0.540 e. The zero-order valence-electron chi connectivity index (χ0n) is 8.23. The molecule has 1 aromatic heterocycles. The maximum Gasteiger partial charge on any atom is 1.00 e. The molecule has 1 rings (SSSR count). The number of hydrogen-bond donors (Lipinski definition) is 0. The van der Waals surface area contributed by atoms with Crippen LogP contribution in [0.25, 0.3) is 0 Å². The van der Waals surface area contributed by atoms with E-state index in [2.05, 4.69) is 4.98 Å². The molecule has 0 fully saturated rings. The average molecular weight is 221 g/mol. The Labute approximate surface area is 103 Å². The van der Waals surface area contributed by atoms with Crippen LogP contribution in [0.15, 0.2) is 18.3 Å². The van der Waals surface area contributed by atoms with Crippen LogP contribution in [0.1, 0.15) is 0 Å². The Hall–Kier alpha value is -1.02. The van der Waals surface area contributed by atoms with Crippen molar-refractivity contribution in [2.75, 3.05) is 11.9 Å². The fourth-order valence-corrected chi connectivity index (χ4v) is 0.919. The average Bonchev–Trinajstić information content (AvgIpc) is 2.16. The van der Waals surface area contributed by atoms with Gasteiger partial charge in [-0.2, -0.15) is 0 Å². The molecule has 0 aliphatic carbocycles. The zero-order valence-corrected chi connectivity index (χ0v) is 8.99. The summed E-state index contributed by atoms with van der Waals surface area (Å²) in [6.07, 6.45) is 1.32. The first-order chi connectivity index (χ1) is 6.52. The second-order valence-electron chi connectivity index (χ2n) is 2.49. The third-order valence-electron chi connectivity index (χ3n) is 1.53. The maximum atomic E-state index is 10.9. The smallest absolute Gasteiger partial charge is 0.540 e. The number of likely N-dealkylation sites (N-methyl/N-ethyl adjacent to an activating group) is 1. The van der Waals surface area contributed by atoms with Crippen molar-refractivity contribution in [2.45, 2.75) is 0 Å². The van der Waals surface area contributed by atoms with Gasteiger partial charge in [0.05, 0.1) is 5.02 Å². The number of nitrogens with zero attached hydrogens (tertiary/aromatic N) is 2. The molecule has 0 aliphatic heterocycles. The van der Waals surface area contributed by atoms with Gasteiger partial charge in [0, 0.05) is 13.2 Å². The number of aromatic nitrogens is 1. The molecule has 0 bridgehead atoms. The van der Waals surface area contributed by atoms with Crippen LogP contribution < -0.4 is 28.9 Å². The summed E-state index contributed by atoms with van der Waals surface area (Å²) in [6, 6.07) is 2.94. The van der Waals surface area contributed by atoms with Crippen molar-refractivity contribution in [3.05, 3.63) is 23.4 Å². The van der Waals surface area contributed by atoms with Gasteiger partial charge in [-0.05, 0) is 12.1 Å². The van der Waals surface area contributed by atoms with Crippen LogP contribution in [0.5, 0.6) is 0 Å². The van der Waals surface area contributed by atoms with Gasteiger partial charge in [0.25, 0.3) is 5.91 Å². The number of carbonyl (C=O) groups excluding carboxylic acids is 2. The van der Waals surface area contributed by atoms with Crippen molar-refractivity contribution in [1.82, 2.24) is 4.98 Å². The van der Waals surface area contributed by atoms with E-state index in [1.807, 2.05) is 0 Å². The van der Waals surface area contributed by atoms with Gasteiger partial charge in [-0.25, -0.2) is 4.98 Å². The van der Waals surface area contributed by atoms with Crippen molar-refractivity contribution in [2.24, 2.45) is 0 Å². The minimum atomic E-state index is -1.77. The molecule has 0 aromatic carbocycles. The fraction of sp³-hybridized carbons (Fsp3) is 0.125. The molecule has 0 saturated carbocycles. The Morgan fingerprint density at radius 2 is 2.07 bits per heavy atom. The molecule has 7 heteroatoms. The molecule has 0 spiro atoms. The summed E-state index contributed by atoms with van der Waals surface area (Å²) in [4.78, 5) is 25.8. The number of halogens is 1. The van der Waals surface area contributed by atoms with Gasteiger partial charge in [0.15, 0.2) is 0 Å². The number of carboxylic acids is 1. The van der Waals surface area contributed by atoms with E-state index in [4.69, 9.17) is 11.6 Å². The summed E-state index contributed by atoms with van der Waals surface area (Å²) in [5, 5.41) is 10.6. The van der Waals surface area contributed by atoms with Crippen LogP contribution in [0.3, 0.4) is 0 Å². The van der Waals surface area contributed by atoms with Gasteiger partial charge in [-0.1, -0.05) is 11.6 Å². The molecule has 1 aromatic rings.